The molecule has 1 aliphatic heterocycles. The minimum Gasteiger partial charge on any atom is -0.379 e. The van der Waals surface area contributed by atoms with E-state index >= 15 is 0 Å². The van der Waals surface area contributed by atoms with Crippen LogP contribution in [0.5, 0.6) is 0 Å². The maximum atomic E-state index is 13.6. The topological polar surface area (TPSA) is 326 Å². The molecule has 23 heteroatoms. The van der Waals surface area contributed by atoms with Crippen LogP contribution in [0.25, 0.3) is 22.0 Å². The lowest BCUT2D eigenvalue weighted by Gasteiger charge is -2.25. The number of nitriles is 2. The number of sulfonamides is 1. The maximum absolute atomic E-state index is 13.6. The number of nitrogens with two attached hydrogens (primary N) is 1. The van der Waals surface area contributed by atoms with Crippen molar-refractivity contribution in [1.82, 2.24) is 25.8 Å². The highest BCUT2D eigenvalue weighted by atomic mass is 32.2. The molecule has 0 aliphatic carbocycles. The van der Waals surface area contributed by atoms with Gasteiger partial charge in [0.05, 0.1) is 87.9 Å². The third-order valence-corrected chi connectivity index (χ3v) is 12.5. The molecule has 2 atom stereocenters. The molecule has 0 saturated heterocycles. The van der Waals surface area contributed by atoms with E-state index in [0.717, 1.165) is 15.8 Å². The van der Waals surface area contributed by atoms with Crippen LogP contribution in [0.15, 0.2) is 72.9 Å². The second-order valence-corrected chi connectivity index (χ2v) is 18.8. The first-order chi connectivity index (χ1) is 35.0. The van der Waals surface area contributed by atoms with Crippen LogP contribution < -0.4 is 31.7 Å². The van der Waals surface area contributed by atoms with Crippen LogP contribution in [0.2, 0.25) is 0 Å². The zero-order valence-corrected chi connectivity index (χ0v) is 41.6. The highest BCUT2D eigenvalue weighted by Crippen LogP contribution is 2.35. The van der Waals surface area contributed by atoms with E-state index in [1.165, 1.54) is 42.5 Å². The van der Waals surface area contributed by atoms with Crippen molar-refractivity contribution >= 4 is 67.9 Å². The van der Waals surface area contributed by atoms with Crippen molar-refractivity contribution in [3.05, 3.63) is 95.2 Å². The van der Waals surface area contributed by atoms with Gasteiger partial charge in [-0.15, -0.1) is 0 Å². The van der Waals surface area contributed by atoms with Crippen LogP contribution in [-0.2, 0) is 58.7 Å². The first-order valence-corrected chi connectivity index (χ1v) is 25.1. The monoisotopic (exact) mass is 1020 g/mol. The lowest BCUT2D eigenvalue weighted by atomic mass is 9.95. The number of anilines is 2. The van der Waals surface area contributed by atoms with Crippen molar-refractivity contribution in [3.63, 3.8) is 0 Å². The molecule has 1 aliphatic rings. The Morgan fingerprint density at radius 2 is 1.37 bits per heavy atom. The van der Waals surface area contributed by atoms with E-state index in [0.29, 0.717) is 53.3 Å². The van der Waals surface area contributed by atoms with Crippen LogP contribution >= 0.6 is 0 Å². The molecule has 0 saturated carbocycles. The minimum atomic E-state index is -3.99. The van der Waals surface area contributed by atoms with E-state index in [1.54, 1.807) is 32.2 Å². The molecular weight excluding hydrogens is 965 g/mol. The van der Waals surface area contributed by atoms with Gasteiger partial charge in [0.1, 0.15) is 18.2 Å². The van der Waals surface area contributed by atoms with Gasteiger partial charge >= 0.3 is 6.03 Å². The standard InChI is InChI=1S/C50H60N10O12S/c1-32(2)46(58-42(61)16-19-69-21-23-71-25-26-72-24-22-70-20-18-60-43(62)14-15-44(60)63)49(65)57-41(5-4-17-54-50(53)66)48(64)56-37-9-7-34(8-10-37)31-73(67,68)59-38-11-13-39(35(27-38)28-51)40-12-6-33(3)45-36(29-52)30-55-47(40)45/h6-15,27,30,32,41,46,55,59H,4-5,16-26,31H2,1-3H3,(H,56,64)(H,57,65)(H,58,61)(H3,53,54,66)/t41-,46-/m0/s1. The van der Waals surface area contributed by atoms with Gasteiger partial charge in [-0.3, -0.25) is 33.6 Å². The fourth-order valence-electron chi connectivity index (χ4n) is 7.58. The summed E-state index contributed by atoms with van der Waals surface area (Å²) in [5.74, 6) is -3.22. The normalized spacial score (nSPS) is 13.1. The van der Waals surface area contributed by atoms with Gasteiger partial charge in [-0.25, -0.2) is 13.2 Å². The summed E-state index contributed by atoms with van der Waals surface area (Å²) in [6.07, 6.45) is 4.32. The molecule has 0 fully saturated rings. The number of carbonyl (C=O) groups excluding carboxylic acids is 6. The molecule has 0 radical (unpaired) electrons. The van der Waals surface area contributed by atoms with Crippen molar-refractivity contribution in [2.24, 2.45) is 11.7 Å². The molecule has 22 nitrogen and oxygen atoms in total. The highest BCUT2D eigenvalue weighted by Gasteiger charge is 2.29. The van der Waals surface area contributed by atoms with Crippen LogP contribution in [0.3, 0.4) is 0 Å². The fourth-order valence-corrected chi connectivity index (χ4v) is 8.77. The Bertz CT molecular complexity index is 2820. The Labute approximate surface area is 423 Å². The summed E-state index contributed by atoms with van der Waals surface area (Å²) in [6.45, 7) is 7.52. The predicted octanol–water partition coefficient (Wildman–Crippen LogP) is 3.22. The number of aromatic nitrogens is 1. The molecule has 3 aromatic carbocycles. The molecule has 4 aromatic rings. The number of aryl methyl sites for hydroxylation is 1. The number of nitrogens with one attached hydrogen (secondary N) is 6. The molecule has 0 spiro atoms. The van der Waals surface area contributed by atoms with Gasteiger partial charge in [0.2, 0.25) is 27.7 Å². The van der Waals surface area contributed by atoms with Gasteiger partial charge in [-0.1, -0.05) is 44.2 Å². The van der Waals surface area contributed by atoms with Crippen molar-refractivity contribution in [1.29, 1.82) is 10.5 Å². The molecule has 7 amide bonds. The Morgan fingerprint density at radius 1 is 0.767 bits per heavy atom. The summed E-state index contributed by atoms with van der Waals surface area (Å²) in [6, 6.07) is 15.8. The van der Waals surface area contributed by atoms with Gasteiger partial charge in [0.25, 0.3) is 11.8 Å². The first-order valence-electron chi connectivity index (χ1n) is 23.4. The third-order valence-electron chi connectivity index (χ3n) is 11.3. The molecule has 5 rings (SSSR count). The van der Waals surface area contributed by atoms with Gasteiger partial charge in [0, 0.05) is 59.2 Å². The number of rotatable bonds is 30. The SMILES string of the molecule is Cc1ccc(-c2ccc(NS(=O)(=O)Cc3ccc(NC(=O)[C@H](CCCNC(N)=O)NC(=O)[C@@H](NC(=O)CCOCCOCCOCCOCCN4C(=O)C=CC4=O)C(C)C)cc3)cc2C#N)c2[nH]cc(C#N)c12. The second-order valence-electron chi connectivity index (χ2n) is 17.1. The van der Waals surface area contributed by atoms with Gasteiger partial charge in [-0.05, 0) is 61.1 Å². The molecule has 388 valence electrons. The number of urea groups is 1. The average Bonchev–Trinajstić information content (AvgIpc) is 3.94. The second kappa shape index (κ2) is 27.8. The average molecular weight is 1030 g/mol. The Kier molecular flexibility index (Phi) is 21.4. The number of aromatic amines is 1. The van der Waals surface area contributed by atoms with Crippen molar-refractivity contribution in [2.45, 2.75) is 57.9 Å². The lowest BCUT2D eigenvalue weighted by Crippen LogP contribution is -2.54. The zero-order chi connectivity index (χ0) is 52.9. The van der Waals surface area contributed by atoms with E-state index in [9.17, 15) is 47.7 Å². The van der Waals surface area contributed by atoms with Crippen LogP contribution in [0.4, 0.5) is 16.2 Å². The fraction of sp³-hybridized carbons (Fsp3) is 0.400. The molecule has 0 unspecified atom stereocenters. The molecule has 0 bridgehead atoms. The van der Waals surface area contributed by atoms with E-state index in [-0.39, 0.29) is 94.4 Å². The summed E-state index contributed by atoms with van der Waals surface area (Å²) >= 11 is 0. The highest BCUT2D eigenvalue weighted by molar-refractivity contribution is 7.91. The van der Waals surface area contributed by atoms with Crippen molar-refractivity contribution in [3.8, 4) is 23.3 Å². The quantitative estimate of drug-likeness (QED) is 0.0292. The number of hydrogen-bond acceptors (Lipinski definition) is 14. The van der Waals surface area contributed by atoms with Gasteiger partial charge < -0.3 is 50.9 Å². The Morgan fingerprint density at radius 3 is 1.99 bits per heavy atom. The number of ether oxygens (including phenoxy) is 4. The van der Waals surface area contributed by atoms with Crippen LogP contribution in [-0.4, -0.2) is 132 Å². The molecule has 1 aromatic heterocycles. The van der Waals surface area contributed by atoms with Crippen LogP contribution in [0.1, 0.15) is 55.4 Å². The smallest absolute Gasteiger partial charge is 0.312 e. The third kappa shape index (κ3) is 17.3. The Hall–Kier alpha value is -7.67. The molecule has 8 N–H and O–H groups in total. The summed E-state index contributed by atoms with van der Waals surface area (Å²) < 4.78 is 51.0. The number of fused-ring (bicyclic) bond motifs is 1. The summed E-state index contributed by atoms with van der Waals surface area (Å²) in [5.41, 5.74) is 9.55. The van der Waals surface area contributed by atoms with E-state index in [2.05, 4.69) is 43.1 Å². The Balaban J connectivity index is 1.06. The predicted molar refractivity (Wildman–Crippen MR) is 268 cm³/mol. The zero-order valence-electron chi connectivity index (χ0n) is 40.8. The number of hydrogen-bond donors (Lipinski definition) is 7. The summed E-state index contributed by atoms with van der Waals surface area (Å²) in [5, 5.41) is 31.0. The van der Waals surface area contributed by atoms with E-state index < -0.39 is 51.6 Å². The van der Waals surface area contributed by atoms with Crippen LogP contribution in [0, 0.1) is 35.5 Å². The first kappa shape index (κ1) is 56.2. The number of H-pyrrole nitrogens is 1. The maximum Gasteiger partial charge on any atom is 0.312 e. The molecule has 73 heavy (non-hydrogen) atoms. The largest absolute Gasteiger partial charge is 0.379 e. The van der Waals surface area contributed by atoms with E-state index in [4.69, 9.17) is 24.7 Å². The van der Waals surface area contributed by atoms with E-state index in [1.807, 2.05) is 19.1 Å². The van der Waals surface area contributed by atoms with Crippen molar-refractivity contribution in [2.75, 3.05) is 76.0 Å². The van der Waals surface area contributed by atoms with Gasteiger partial charge in [0.15, 0.2) is 0 Å². The number of nitrogens with zero attached hydrogens (tertiary/aromatic N) is 3. The summed E-state index contributed by atoms with van der Waals surface area (Å²) in [7, 11) is -3.99. The number of benzene rings is 3. The number of amides is 7. The minimum absolute atomic E-state index is 0.0515. The summed E-state index contributed by atoms with van der Waals surface area (Å²) in [4.78, 5) is 78.7. The number of imide groups is 1. The molecular formula is C50H60N10O12S. The molecule has 2 heterocycles. The number of primary amides is 1. The van der Waals surface area contributed by atoms with Gasteiger partial charge in [-0.2, -0.15) is 10.5 Å². The number of carbonyl (C=O) groups is 6. The van der Waals surface area contributed by atoms with Crippen molar-refractivity contribution < 1.29 is 56.1 Å². The lowest BCUT2D eigenvalue weighted by molar-refractivity contribution is -0.137.